The summed E-state index contributed by atoms with van der Waals surface area (Å²) < 4.78 is 10.2. The van der Waals surface area contributed by atoms with Crippen LogP contribution in [0.5, 0.6) is 0 Å². The second-order valence-electron chi connectivity index (χ2n) is 2.38. The van der Waals surface area contributed by atoms with Gasteiger partial charge in [-0.05, 0) is 6.42 Å². The van der Waals surface area contributed by atoms with E-state index < -0.39 is 32.3 Å². The molecule has 0 aromatic rings. The molecule has 0 spiro atoms. The molecule has 0 aromatic heterocycles. The maximum Gasteiger partial charge on any atom is 0.325 e. The minimum atomic E-state index is -4.28. The van der Waals surface area contributed by atoms with E-state index in [1.807, 2.05) is 0 Å². The van der Waals surface area contributed by atoms with E-state index in [9.17, 15) is 4.57 Å². The van der Waals surface area contributed by atoms with Gasteiger partial charge in [0.05, 0.1) is 6.16 Å². The summed E-state index contributed by atoms with van der Waals surface area (Å²) in [5.74, 6) is -3.31. The molecule has 0 bridgehead atoms. The van der Waals surface area contributed by atoms with Gasteiger partial charge in [-0.25, -0.2) is 0 Å². The van der Waals surface area contributed by atoms with Gasteiger partial charge in [-0.2, -0.15) is 0 Å². The van der Waals surface area contributed by atoms with Crippen molar-refractivity contribution in [2.45, 2.75) is 18.5 Å². The van der Waals surface area contributed by atoms with Crippen LogP contribution in [-0.2, 0) is 4.57 Å². The van der Waals surface area contributed by atoms with Gasteiger partial charge in [0.1, 0.15) is 6.10 Å². The molecule has 0 radical (unpaired) electrons. The summed E-state index contributed by atoms with van der Waals surface area (Å²) in [6.45, 7) is 0. The van der Waals surface area contributed by atoms with Crippen LogP contribution < -0.4 is 0 Å². The highest BCUT2D eigenvalue weighted by Crippen LogP contribution is 2.35. The van der Waals surface area contributed by atoms with Gasteiger partial charge in [0, 0.05) is 0 Å². The maximum absolute atomic E-state index is 10.2. The van der Waals surface area contributed by atoms with Crippen LogP contribution in [0.15, 0.2) is 0 Å². The smallest absolute Gasteiger partial charge is 0.325 e. The zero-order valence-electron chi connectivity index (χ0n) is 6.03. The fourth-order valence-electron chi connectivity index (χ4n) is 0.484. The molecule has 1 atom stereocenters. The van der Waals surface area contributed by atoms with Crippen molar-refractivity contribution in [3.63, 3.8) is 0 Å². The molecule has 7 nitrogen and oxygen atoms in total. The van der Waals surface area contributed by atoms with E-state index in [0.29, 0.717) is 0 Å². The van der Waals surface area contributed by atoms with Crippen molar-refractivity contribution in [2.75, 3.05) is 6.16 Å². The molecule has 12 heavy (non-hydrogen) atoms. The van der Waals surface area contributed by atoms with E-state index in [-0.39, 0.29) is 0 Å². The molecule has 8 heteroatoms. The Bertz CT molecular complexity index is 178. The average Bonchev–Trinajstić information content (AvgIpc) is 1.78. The highest BCUT2D eigenvalue weighted by molar-refractivity contribution is 7.51. The highest BCUT2D eigenvalue weighted by atomic mass is 31.2. The number of aliphatic hydroxyl groups is 4. The molecule has 0 saturated carbocycles. The zero-order valence-corrected chi connectivity index (χ0v) is 6.92. The second-order valence-corrected chi connectivity index (χ2v) is 4.16. The first-order chi connectivity index (χ1) is 5.13. The Labute approximate surface area is 68.1 Å². The van der Waals surface area contributed by atoms with E-state index >= 15 is 0 Å². The Hall–Kier alpha value is -0.0100. The summed E-state index contributed by atoms with van der Waals surface area (Å²) in [5.41, 5.74) is 0. The van der Waals surface area contributed by atoms with Crippen molar-refractivity contribution in [2.24, 2.45) is 0 Å². The van der Waals surface area contributed by atoms with Gasteiger partial charge in [0.15, 0.2) is 0 Å². The van der Waals surface area contributed by atoms with E-state index in [2.05, 4.69) is 0 Å². The van der Waals surface area contributed by atoms with Crippen molar-refractivity contribution >= 4 is 7.60 Å². The number of aliphatic hydroxyl groups excluding tert-OH is 1. The van der Waals surface area contributed by atoms with Crippen LogP contribution in [0.1, 0.15) is 6.42 Å². The third-order valence-corrected chi connectivity index (χ3v) is 1.98. The van der Waals surface area contributed by atoms with E-state index in [1.165, 1.54) is 0 Å². The van der Waals surface area contributed by atoms with Crippen LogP contribution in [0, 0.1) is 0 Å². The average molecular weight is 202 g/mol. The Kier molecular flexibility index (Phi) is 3.80. The number of hydrogen-bond donors (Lipinski definition) is 6. The lowest BCUT2D eigenvalue weighted by atomic mass is 10.2. The first-order valence-electron chi connectivity index (χ1n) is 3.02. The first kappa shape index (κ1) is 12.0. The predicted octanol–water partition coefficient (Wildman–Crippen LogP) is -2.45. The fraction of sp³-hybridized carbons (Fsp3) is 1.00. The SMILES string of the molecule is O=P(O)(O)CCC(O)C(O)(O)O. The van der Waals surface area contributed by atoms with Crippen LogP contribution in [0.4, 0.5) is 0 Å². The molecule has 0 heterocycles. The van der Waals surface area contributed by atoms with Gasteiger partial charge >= 0.3 is 13.6 Å². The van der Waals surface area contributed by atoms with Crippen LogP contribution in [0.3, 0.4) is 0 Å². The number of hydrogen-bond acceptors (Lipinski definition) is 5. The molecule has 6 N–H and O–H groups in total. The van der Waals surface area contributed by atoms with Gasteiger partial charge in [0.25, 0.3) is 0 Å². The molecule has 0 rings (SSSR count). The fourth-order valence-corrected chi connectivity index (χ4v) is 1.07. The standard InChI is InChI=1S/C4H11O7P/c5-3(4(6,7)8)1-2-12(9,10)11/h3,5-8H,1-2H2,(H2,9,10,11). The maximum atomic E-state index is 10.2. The van der Waals surface area contributed by atoms with Crippen molar-refractivity contribution in [3.8, 4) is 0 Å². The van der Waals surface area contributed by atoms with Gasteiger partial charge in [-0.15, -0.1) is 0 Å². The Morgan fingerprint density at radius 1 is 1.25 bits per heavy atom. The van der Waals surface area contributed by atoms with Crippen LogP contribution in [-0.4, -0.2) is 48.5 Å². The Balaban J connectivity index is 3.89. The number of rotatable bonds is 4. The monoisotopic (exact) mass is 202 g/mol. The van der Waals surface area contributed by atoms with Crippen molar-refractivity contribution in [1.82, 2.24) is 0 Å². The summed E-state index contributed by atoms with van der Waals surface area (Å²) in [7, 11) is -4.28. The van der Waals surface area contributed by atoms with Gasteiger partial charge < -0.3 is 30.2 Å². The third kappa shape index (κ3) is 5.62. The normalized spacial score (nSPS) is 16.2. The lowest BCUT2D eigenvalue weighted by molar-refractivity contribution is -0.354. The van der Waals surface area contributed by atoms with E-state index in [1.54, 1.807) is 0 Å². The summed E-state index contributed by atoms with van der Waals surface area (Å²) in [6.07, 6.45) is -3.32. The lowest BCUT2D eigenvalue weighted by Crippen LogP contribution is -2.42. The van der Waals surface area contributed by atoms with Gasteiger partial charge in [-0.1, -0.05) is 0 Å². The van der Waals surface area contributed by atoms with Crippen LogP contribution in [0.2, 0.25) is 0 Å². The predicted molar refractivity (Wildman–Crippen MR) is 36.9 cm³/mol. The zero-order chi connectivity index (χ0) is 9.99. The van der Waals surface area contributed by atoms with Crippen LogP contribution in [0.25, 0.3) is 0 Å². The Morgan fingerprint density at radius 3 is 1.92 bits per heavy atom. The van der Waals surface area contributed by atoms with Crippen LogP contribution >= 0.6 is 7.60 Å². The minimum absolute atomic E-state index is 0.603. The second kappa shape index (κ2) is 3.80. The summed E-state index contributed by atoms with van der Waals surface area (Å²) in [4.78, 5) is 16.6. The molecular formula is C4H11O7P. The molecule has 74 valence electrons. The van der Waals surface area contributed by atoms with E-state index in [4.69, 9.17) is 30.2 Å². The molecule has 0 amide bonds. The molecule has 1 unspecified atom stereocenters. The summed E-state index contributed by atoms with van der Waals surface area (Å²) in [5, 5.41) is 33.5. The molecule has 0 aliphatic rings. The largest absolute Gasteiger partial charge is 0.385 e. The minimum Gasteiger partial charge on any atom is -0.385 e. The topological polar surface area (TPSA) is 138 Å². The summed E-state index contributed by atoms with van der Waals surface area (Å²) in [6, 6.07) is 0. The quantitative estimate of drug-likeness (QED) is 0.219. The molecular weight excluding hydrogens is 191 g/mol. The van der Waals surface area contributed by atoms with E-state index in [0.717, 1.165) is 0 Å². The van der Waals surface area contributed by atoms with Crippen molar-refractivity contribution < 1.29 is 34.8 Å². The van der Waals surface area contributed by atoms with Gasteiger partial charge in [0.2, 0.25) is 0 Å². The molecule has 0 aromatic carbocycles. The lowest BCUT2D eigenvalue weighted by Gasteiger charge is -2.20. The molecule has 0 aliphatic carbocycles. The summed E-state index contributed by atoms with van der Waals surface area (Å²) >= 11 is 0. The van der Waals surface area contributed by atoms with Crippen molar-refractivity contribution in [3.05, 3.63) is 0 Å². The molecule has 0 saturated heterocycles. The third-order valence-electron chi connectivity index (χ3n) is 1.14. The first-order valence-corrected chi connectivity index (χ1v) is 4.82. The molecule has 0 fully saturated rings. The highest BCUT2D eigenvalue weighted by Gasteiger charge is 2.31. The van der Waals surface area contributed by atoms with Crippen molar-refractivity contribution in [1.29, 1.82) is 0 Å². The molecule has 0 aliphatic heterocycles. The van der Waals surface area contributed by atoms with Gasteiger partial charge in [-0.3, -0.25) is 4.57 Å². The Morgan fingerprint density at radius 2 is 1.67 bits per heavy atom.